The number of carbonyl (C=O) groups is 1. The fourth-order valence-electron chi connectivity index (χ4n) is 0.562. The molecule has 10 heavy (non-hydrogen) atoms. The number of nitrogens with zero attached hydrogens (tertiary/aromatic N) is 2. The molecule has 3 nitrogen and oxygen atoms in total. The van der Waals surface area contributed by atoms with Crippen LogP contribution >= 0.6 is 0 Å². The average molecular weight is 144 g/mol. The molecular formula is C7H16N2O. The van der Waals surface area contributed by atoms with Gasteiger partial charge in [0, 0.05) is 27.2 Å². The van der Waals surface area contributed by atoms with Crippen LogP contribution in [0.4, 0.5) is 4.79 Å². The standard InChI is InChI=1S/C7H16N2O/c1-5-8(3)7(10)9(4)6-2/h5-6H2,1-4H3. The SMILES string of the molecule is CCN(C)C(=O)N(C)CC. The van der Waals surface area contributed by atoms with Crippen LogP contribution in [0.5, 0.6) is 0 Å². The smallest absolute Gasteiger partial charge is 0.319 e. The summed E-state index contributed by atoms with van der Waals surface area (Å²) in [6.07, 6.45) is 0. The van der Waals surface area contributed by atoms with E-state index in [1.807, 2.05) is 13.8 Å². The zero-order chi connectivity index (χ0) is 8.15. The first-order valence-corrected chi connectivity index (χ1v) is 3.59. The Morgan fingerprint density at radius 2 is 1.40 bits per heavy atom. The highest BCUT2D eigenvalue weighted by Gasteiger charge is 2.08. The van der Waals surface area contributed by atoms with E-state index in [1.54, 1.807) is 23.9 Å². The van der Waals surface area contributed by atoms with Crippen LogP contribution in [0.1, 0.15) is 13.8 Å². The van der Waals surface area contributed by atoms with Crippen molar-refractivity contribution < 1.29 is 4.79 Å². The zero-order valence-electron chi connectivity index (χ0n) is 7.22. The second-order valence-electron chi connectivity index (χ2n) is 2.31. The third kappa shape index (κ3) is 2.25. The molecule has 0 heterocycles. The lowest BCUT2D eigenvalue weighted by atomic mass is 10.6. The van der Waals surface area contributed by atoms with Gasteiger partial charge in [0.15, 0.2) is 0 Å². The summed E-state index contributed by atoms with van der Waals surface area (Å²) in [5.41, 5.74) is 0. The summed E-state index contributed by atoms with van der Waals surface area (Å²) in [4.78, 5) is 14.5. The first-order chi connectivity index (χ1) is 4.63. The normalized spacial score (nSPS) is 9.20. The van der Waals surface area contributed by atoms with E-state index in [-0.39, 0.29) is 6.03 Å². The molecule has 0 saturated carbocycles. The quantitative estimate of drug-likeness (QED) is 0.567. The van der Waals surface area contributed by atoms with Crippen LogP contribution in [-0.4, -0.2) is 43.0 Å². The van der Waals surface area contributed by atoms with Crippen molar-refractivity contribution in [1.29, 1.82) is 0 Å². The second-order valence-corrected chi connectivity index (χ2v) is 2.31. The molecule has 2 amide bonds. The van der Waals surface area contributed by atoms with E-state index in [9.17, 15) is 4.79 Å². The molecule has 0 bridgehead atoms. The molecule has 0 rings (SSSR count). The van der Waals surface area contributed by atoms with Gasteiger partial charge >= 0.3 is 6.03 Å². The van der Waals surface area contributed by atoms with Crippen molar-refractivity contribution in [3.8, 4) is 0 Å². The lowest BCUT2D eigenvalue weighted by Crippen LogP contribution is -2.38. The molecular weight excluding hydrogens is 128 g/mol. The van der Waals surface area contributed by atoms with Gasteiger partial charge in [0.25, 0.3) is 0 Å². The van der Waals surface area contributed by atoms with Crippen LogP contribution < -0.4 is 0 Å². The molecule has 0 aliphatic rings. The Morgan fingerprint density at radius 1 is 1.10 bits per heavy atom. The highest BCUT2D eigenvalue weighted by atomic mass is 16.2. The third-order valence-electron chi connectivity index (χ3n) is 1.60. The Kier molecular flexibility index (Phi) is 3.84. The van der Waals surface area contributed by atoms with E-state index in [1.165, 1.54) is 0 Å². The maximum absolute atomic E-state index is 11.2. The molecule has 0 fully saturated rings. The Bertz CT molecular complexity index is 102. The first-order valence-electron chi connectivity index (χ1n) is 3.59. The predicted octanol–water partition coefficient (Wildman–Crippen LogP) is 1.01. The highest BCUT2D eigenvalue weighted by Crippen LogP contribution is 1.91. The minimum Gasteiger partial charge on any atom is -0.328 e. The van der Waals surface area contributed by atoms with E-state index in [2.05, 4.69) is 0 Å². The average Bonchev–Trinajstić information content (AvgIpc) is 2.00. The fraction of sp³-hybridized carbons (Fsp3) is 0.857. The van der Waals surface area contributed by atoms with Gasteiger partial charge in [-0.3, -0.25) is 0 Å². The molecule has 0 aromatic rings. The summed E-state index contributed by atoms with van der Waals surface area (Å²) in [6, 6.07) is 0.0880. The molecule has 0 aromatic heterocycles. The van der Waals surface area contributed by atoms with E-state index in [0.717, 1.165) is 13.1 Å². The first kappa shape index (κ1) is 9.27. The largest absolute Gasteiger partial charge is 0.328 e. The van der Waals surface area contributed by atoms with Crippen molar-refractivity contribution in [2.24, 2.45) is 0 Å². The van der Waals surface area contributed by atoms with Gasteiger partial charge in [-0.15, -0.1) is 0 Å². The van der Waals surface area contributed by atoms with Crippen molar-refractivity contribution in [1.82, 2.24) is 9.80 Å². The molecule has 0 aliphatic carbocycles. The molecule has 0 aromatic carbocycles. The van der Waals surface area contributed by atoms with E-state index >= 15 is 0 Å². The van der Waals surface area contributed by atoms with Crippen LogP contribution in [0.15, 0.2) is 0 Å². The molecule has 0 unspecified atom stereocenters. The van der Waals surface area contributed by atoms with Crippen LogP contribution in [0.3, 0.4) is 0 Å². The number of amides is 2. The van der Waals surface area contributed by atoms with Gasteiger partial charge in [0.05, 0.1) is 0 Å². The Morgan fingerprint density at radius 3 is 1.60 bits per heavy atom. The Labute approximate surface area is 62.6 Å². The molecule has 0 N–H and O–H groups in total. The van der Waals surface area contributed by atoms with E-state index < -0.39 is 0 Å². The van der Waals surface area contributed by atoms with Crippen LogP contribution in [0.25, 0.3) is 0 Å². The molecule has 0 aliphatic heterocycles. The summed E-state index contributed by atoms with van der Waals surface area (Å²) in [7, 11) is 3.60. The lowest BCUT2D eigenvalue weighted by molar-refractivity contribution is 0.177. The Hall–Kier alpha value is -0.730. The minimum atomic E-state index is 0.0880. The minimum absolute atomic E-state index is 0.0880. The lowest BCUT2D eigenvalue weighted by Gasteiger charge is -2.22. The van der Waals surface area contributed by atoms with Crippen LogP contribution in [0.2, 0.25) is 0 Å². The molecule has 3 heteroatoms. The van der Waals surface area contributed by atoms with Crippen molar-refractivity contribution >= 4 is 6.03 Å². The van der Waals surface area contributed by atoms with E-state index in [4.69, 9.17) is 0 Å². The van der Waals surface area contributed by atoms with Gasteiger partial charge in [0.1, 0.15) is 0 Å². The summed E-state index contributed by atoms with van der Waals surface area (Å²) in [5.74, 6) is 0. The van der Waals surface area contributed by atoms with Crippen LogP contribution in [0, 0.1) is 0 Å². The number of hydrogen-bond acceptors (Lipinski definition) is 1. The topological polar surface area (TPSA) is 23.6 Å². The molecule has 0 atom stereocenters. The molecule has 0 saturated heterocycles. The monoisotopic (exact) mass is 144 g/mol. The number of rotatable bonds is 2. The highest BCUT2D eigenvalue weighted by molar-refractivity contribution is 5.73. The van der Waals surface area contributed by atoms with Crippen LogP contribution in [-0.2, 0) is 0 Å². The Balaban J connectivity index is 3.82. The van der Waals surface area contributed by atoms with Gasteiger partial charge in [-0.2, -0.15) is 0 Å². The zero-order valence-corrected chi connectivity index (χ0v) is 7.22. The second kappa shape index (κ2) is 4.14. The third-order valence-corrected chi connectivity index (χ3v) is 1.60. The van der Waals surface area contributed by atoms with E-state index in [0.29, 0.717) is 0 Å². The summed E-state index contributed by atoms with van der Waals surface area (Å²) < 4.78 is 0. The van der Waals surface area contributed by atoms with Crippen molar-refractivity contribution in [2.45, 2.75) is 13.8 Å². The molecule has 0 spiro atoms. The number of urea groups is 1. The van der Waals surface area contributed by atoms with Gasteiger partial charge < -0.3 is 9.80 Å². The van der Waals surface area contributed by atoms with Crippen molar-refractivity contribution in [2.75, 3.05) is 27.2 Å². The number of carbonyl (C=O) groups excluding carboxylic acids is 1. The molecule has 60 valence electrons. The van der Waals surface area contributed by atoms with Gasteiger partial charge in [-0.05, 0) is 13.8 Å². The maximum Gasteiger partial charge on any atom is 0.319 e. The predicted molar refractivity (Wildman–Crippen MR) is 42.0 cm³/mol. The maximum atomic E-state index is 11.2. The van der Waals surface area contributed by atoms with Crippen molar-refractivity contribution in [3.63, 3.8) is 0 Å². The fourth-order valence-corrected chi connectivity index (χ4v) is 0.562. The van der Waals surface area contributed by atoms with Gasteiger partial charge in [0.2, 0.25) is 0 Å². The van der Waals surface area contributed by atoms with Gasteiger partial charge in [-0.1, -0.05) is 0 Å². The van der Waals surface area contributed by atoms with Gasteiger partial charge in [-0.25, -0.2) is 4.79 Å². The molecule has 0 radical (unpaired) electrons. The summed E-state index contributed by atoms with van der Waals surface area (Å²) in [5, 5.41) is 0. The number of hydrogen-bond donors (Lipinski definition) is 0. The summed E-state index contributed by atoms with van der Waals surface area (Å²) in [6.45, 7) is 5.45. The van der Waals surface area contributed by atoms with Crippen molar-refractivity contribution in [3.05, 3.63) is 0 Å². The summed E-state index contributed by atoms with van der Waals surface area (Å²) >= 11 is 0.